The van der Waals surface area contributed by atoms with Crippen LogP contribution in [0.4, 0.5) is 0 Å². The van der Waals surface area contributed by atoms with E-state index in [1.165, 1.54) is 13.1 Å². The van der Waals surface area contributed by atoms with Gasteiger partial charge in [-0.15, -0.1) is 0 Å². The van der Waals surface area contributed by atoms with Crippen LogP contribution in [0, 0.1) is 0 Å². The average Bonchev–Trinajstić information content (AvgIpc) is 3.18. The van der Waals surface area contributed by atoms with Crippen LogP contribution >= 0.6 is 15.9 Å². The number of ketones is 1. The maximum absolute atomic E-state index is 13.0. The molecule has 0 bridgehead atoms. The molecule has 0 spiro atoms. The molecule has 0 amide bonds. The van der Waals surface area contributed by atoms with Gasteiger partial charge < -0.3 is 14.6 Å². The molecule has 7 nitrogen and oxygen atoms in total. The van der Waals surface area contributed by atoms with Crippen molar-refractivity contribution in [3.8, 4) is 17.2 Å². The Bertz CT molecular complexity index is 1030. The molecule has 28 heavy (non-hydrogen) atoms. The Kier molecular flexibility index (Phi) is 5.79. The number of ether oxygens (including phenoxy) is 2. The molecular weight excluding hydrogens is 428 g/mol. The molecule has 1 N–H and O–H groups in total. The first-order valence-corrected chi connectivity index (χ1v) is 9.11. The van der Waals surface area contributed by atoms with E-state index in [-0.39, 0.29) is 17.1 Å². The van der Waals surface area contributed by atoms with Gasteiger partial charge in [-0.2, -0.15) is 5.10 Å². The highest BCUT2D eigenvalue weighted by Crippen LogP contribution is 2.28. The van der Waals surface area contributed by atoms with Gasteiger partial charge in [0.15, 0.2) is 11.9 Å². The number of aliphatic carboxylic acids is 1. The third kappa shape index (κ3) is 4.07. The quantitative estimate of drug-likeness (QED) is 0.558. The molecule has 144 valence electrons. The van der Waals surface area contributed by atoms with Crippen LogP contribution in [-0.4, -0.2) is 39.9 Å². The lowest BCUT2D eigenvalue weighted by Crippen LogP contribution is -2.23. The van der Waals surface area contributed by atoms with E-state index in [1.807, 2.05) is 18.2 Å². The second-order valence-electron chi connectivity index (χ2n) is 5.91. The van der Waals surface area contributed by atoms with Crippen molar-refractivity contribution < 1.29 is 24.2 Å². The number of halogens is 1. The van der Waals surface area contributed by atoms with Gasteiger partial charge in [-0.1, -0.05) is 28.1 Å². The number of nitrogens with zero attached hydrogens (tertiary/aromatic N) is 2. The molecule has 0 aliphatic heterocycles. The van der Waals surface area contributed by atoms with Gasteiger partial charge >= 0.3 is 5.97 Å². The zero-order valence-electron chi connectivity index (χ0n) is 15.1. The van der Waals surface area contributed by atoms with E-state index in [9.17, 15) is 9.59 Å². The summed E-state index contributed by atoms with van der Waals surface area (Å²) < 4.78 is 13.0. The third-order valence-electron chi connectivity index (χ3n) is 4.01. The van der Waals surface area contributed by atoms with Crippen molar-refractivity contribution in [1.82, 2.24) is 9.78 Å². The van der Waals surface area contributed by atoms with Gasteiger partial charge in [-0.3, -0.25) is 4.79 Å². The lowest BCUT2D eigenvalue weighted by atomic mass is 10.1. The Labute approximate surface area is 169 Å². The molecule has 2 aromatic carbocycles. The molecule has 0 saturated carbocycles. The predicted molar refractivity (Wildman–Crippen MR) is 105 cm³/mol. The van der Waals surface area contributed by atoms with Crippen LogP contribution in [0.2, 0.25) is 0 Å². The lowest BCUT2D eigenvalue weighted by molar-refractivity contribution is -0.144. The molecule has 3 rings (SSSR count). The molecule has 1 atom stereocenters. The number of hydrogen-bond acceptors (Lipinski definition) is 5. The van der Waals surface area contributed by atoms with Crippen LogP contribution in [0.25, 0.3) is 5.69 Å². The fourth-order valence-electron chi connectivity index (χ4n) is 2.57. The van der Waals surface area contributed by atoms with Crippen molar-refractivity contribution in [2.45, 2.75) is 13.0 Å². The Balaban J connectivity index is 1.96. The number of carboxylic acids is 1. The van der Waals surface area contributed by atoms with Gasteiger partial charge in [0.2, 0.25) is 0 Å². The molecule has 0 fully saturated rings. The van der Waals surface area contributed by atoms with Crippen molar-refractivity contribution in [3.63, 3.8) is 0 Å². The number of rotatable bonds is 7. The number of carboxylic acid groups (broad SMARTS) is 1. The molecule has 1 heterocycles. The first-order chi connectivity index (χ1) is 13.4. The number of methoxy groups -OCH3 is 1. The number of para-hydroxylation sites is 2. The standard InChI is InChI=1S/C20H17BrN2O5/c1-12(20(25)26)28-17-8-7-14(21)9-15(17)19(24)13-10-22-23(11-13)16-5-3-4-6-18(16)27-2/h3-12H,1-2H3,(H,25,26). The summed E-state index contributed by atoms with van der Waals surface area (Å²) in [6.45, 7) is 1.40. The van der Waals surface area contributed by atoms with Gasteiger partial charge in [0.1, 0.15) is 17.2 Å². The number of carbonyl (C=O) groups is 2. The minimum atomic E-state index is -1.12. The SMILES string of the molecule is COc1ccccc1-n1cc(C(=O)c2cc(Br)ccc2OC(C)C(=O)O)cn1. The van der Waals surface area contributed by atoms with E-state index >= 15 is 0 Å². The average molecular weight is 445 g/mol. The highest BCUT2D eigenvalue weighted by Gasteiger charge is 2.21. The minimum Gasteiger partial charge on any atom is -0.494 e. The molecule has 0 aliphatic carbocycles. The number of carbonyl (C=O) groups excluding carboxylic acids is 1. The Morgan fingerprint density at radius 2 is 1.93 bits per heavy atom. The van der Waals surface area contributed by atoms with Crippen LogP contribution in [0.1, 0.15) is 22.8 Å². The maximum Gasteiger partial charge on any atom is 0.344 e. The maximum atomic E-state index is 13.0. The van der Waals surface area contributed by atoms with E-state index in [1.54, 1.807) is 42.3 Å². The summed E-state index contributed by atoms with van der Waals surface area (Å²) in [5.41, 5.74) is 1.26. The smallest absolute Gasteiger partial charge is 0.344 e. The van der Waals surface area contributed by atoms with E-state index in [0.717, 1.165) is 0 Å². The molecule has 3 aromatic rings. The van der Waals surface area contributed by atoms with Gasteiger partial charge in [0, 0.05) is 10.7 Å². The zero-order valence-corrected chi connectivity index (χ0v) is 16.7. The number of hydrogen-bond donors (Lipinski definition) is 1. The highest BCUT2D eigenvalue weighted by atomic mass is 79.9. The van der Waals surface area contributed by atoms with Gasteiger partial charge in [-0.05, 0) is 37.3 Å². The Morgan fingerprint density at radius 3 is 2.64 bits per heavy atom. The number of benzene rings is 2. The van der Waals surface area contributed by atoms with E-state index < -0.39 is 12.1 Å². The third-order valence-corrected chi connectivity index (χ3v) is 4.51. The summed E-state index contributed by atoms with van der Waals surface area (Å²) in [7, 11) is 1.56. The van der Waals surface area contributed by atoms with Crippen molar-refractivity contribution in [3.05, 3.63) is 70.5 Å². The van der Waals surface area contributed by atoms with Gasteiger partial charge in [0.25, 0.3) is 0 Å². The second-order valence-corrected chi connectivity index (χ2v) is 6.83. The van der Waals surface area contributed by atoms with Crippen molar-refractivity contribution >= 4 is 27.7 Å². The lowest BCUT2D eigenvalue weighted by Gasteiger charge is -2.14. The topological polar surface area (TPSA) is 90.7 Å². The summed E-state index contributed by atoms with van der Waals surface area (Å²) in [5.74, 6) is -0.653. The molecule has 0 radical (unpaired) electrons. The van der Waals surface area contributed by atoms with Gasteiger partial charge in [-0.25, -0.2) is 9.48 Å². The van der Waals surface area contributed by atoms with Crippen molar-refractivity contribution in [2.75, 3.05) is 7.11 Å². The summed E-state index contributed by atoms with van der Waals surface area (Å²) in [6, 6.07) is 12.1. The Hall–Kier alpha value is -3.13. The molecular formula is C20H17BrN2O5. The first-order valence-electron chi connectivity index (χ1n) is 8.32. The van der Waals surface area contributed by atoms with Crippen LogP contribution in [0.15, 0.2) is 59.3 Å². The van der Waals surface area contributed by atoms with E-state index in [4.69, 9.17) is 14.6 Å². The number of aromatic nitrogens is 2. The van der Waals surface area contributed by atoms with Crippen LogP contribution < -0.4 is 9.47 Å². The van der Waals surface area contributed by atoms with Crippen molar-refractivity contribution in [1.29, 1.82) is 0 Å². The molecule has 0 aliphatic rings. The molecule has 8 heteroatoms. The largest absolute Gasteiger partial charge is 0.494 e. The summed E-state index contributed by atoms with van der Waals surface area (Å²) >= 11 is 3.33. The fraction of sp³-hybridized carbons (Fsp3) is 0.150. The minimum absolute atomic E-state index is 0.188. The van der Waals surface area contributed by atoms with Crippen molar-refractivity contribution in [2.24, 2.45) is 0 Å². The summed E-state index contributed by atoms with van der Waals surface area (Å²) in [6.07, 6.45) is 1.94. The Morgan fingerprint density at radius 1 is 1.18 bits per heavy atom. The summed E-state index contributed by atoms with van der Waals surface area (Å²) in [5, 5.41) is 13.3. The normalized spacial score (nSPS) is 11.7. The molecule has 0 saturated heterocycles. The molecule has 1 unspecified atom stereocenters. The highest BCUT2D eigenvalue weighted by molar-refractivity contribution is 9.10. The second kappa shape index (κ2) is 8.26. The van der Waals surface area contributed by atoms with Crippen LogP contribution in [0.5, 0.6) is 11.5 Å². The van der Waals surface area contributed by atoms with E-state index in [0.29, 0.717) is 21.5 Å². The van der Waals surface area contributed by atoms with Crippen LogP contribution in [0.3, 0.4) is 0 Å². The zero-order chi connectivity index (χ0) is 20.3. The monoisotopic (exact) mass is 444 g/mol. The summed E-state index contributed by atoms with van der Waals surface area (Å²) in [4.78, 5) is 24.1. The fourth-order valence-corrected chi connectivity index (χ4v) is 2.93. The van der Waals surface area contributed by atoms with Gasteiger partial charge in [0.05, 0.1) is 24.4 Å². The predicted octanol–water partition coefficient (Wildman–Crippen LogP) is 3.73. The van der Waals surface area contributed by atoms with E-state index in [2.05, 4.69) is 21.0 Å². The first kappa shape index (κ1) is 19.6. The molecule has 1 aromatic heterocycles. The van der Waals surface area contributed by atoms with Crippen LogP contribution in [-0.2, 0) is 4.79 Å².